The minimum atomic E-state index is 0.487. The first kappa shape index (κ1) is 12.6. The molecule has 90 valence electrons. The van der Waals surface area contributed by atoms with Crippen LogP contribution in [0.25, 0.3) is 5.76 Å². The zero-order valence-corrected chi connectivity index (χ0v) is 11.2. The van der Waals surface area contributed by atoms with Crippen molar-refractivity contribution in [3.8, 4) is 5.75 Å². The van der Waals surface area contributed by atoms with Gasteiger partial charge in [-0.15, -0.1) is 0 Å². The standard InChI is InChI=1S/C15H11BrO2/c1-11(12-5-3-2-4-6-12)18-15-8-7-14(16)9-13(15)10-17/h2-10H,1H2. The number of hydrogen-bond acceptors (Lipinski definition) is 2. The Kier molecular flexibility index (Phi) is 3.95. The molecule has 0 radical (unpaired) electrons. The first-order valence-electron chi connectivity index (χ1n) is 5.37. The van der Waals surface area contributed by atoms with E-state index < -0.39 is 0 Å². The van der Waals surface area contributed by atoms with Gasteiger partial charge in [0, 0.05) is 10.0 Å². The topological polar surface area (TPSA) is 26.3 Å². The smallest absolute Gasteiger partial charge is 0.153 e. The van der Waals surface area contributed by atoms with Gasteiger partial charge in [-0.1, -0.05) is 52.8 Å². The van der Waals surface area contributed by atoms with Crippen LogP contribution in [-0.4, -0.2) is 6.29 Å². The van der Waals surface area contributed by atoms with E-state index in [0.717, 1.165) is 16.3 Å². The van der Waals surface area contributed by atoms with Crippen LogP contribution in [0.1, 0.15) is 15.9 Å². The third-order valence-corrected chi connectivity index (χ3v) is 2.92. The van der Waals surface area contributed by atoms with E-state index in [9.17, 15) is 4.79 Å². The second-order valence-electron chi connectivity index (χ2n) is 3.69. The lowest BCUT2D eigenvalue weighted by Crippen LogP contribution is -1.96. The first-order chi connectivity index (χ1) is 8.70. The van der Waals surface area contributed by atoms with E-state index in [1.165, 1.54) is 0 Å². The number of benzene rings is 2. The van der Waals surface area contributed by atoms with Crippen molar-refractivity contribution in [2.24, 2.45) is 0 Å². The molecule has 0 aromatic heterocycles. The van der Waals surface area contributed by atoms with Crippen molar-refractivity contribution < 1.29 is 9.53 Å². The minimum absolute atomic E-state index is 0.487. The summed E-state index contributed by atoms with van der Waals surface area (Å²) >= 11 is 3.31. The lowest BCUT2D eigenvalue weighted by atomic mass is 10.2. The molecule has 0 N–H and O–H groups in total. The predicted molar refractivity (Wildman–Crippen MR) is 75.6 cm³/mol. The third-order valence-electron chi connectivity index (χ3n) is 2.43. The second kappa shape index (κ2) is 5.65. The molecule has 2 aromatic rings. The molecule has 18 heavy (non-hydrogen) atoms. The average Bonchev–Trinajstić information content (AvgIpc) is 2.41. The summed E-state index contributed by atoms with van der Waals surface area (Å²) in [6.45, 7) is 3.87. The maximum atomic E-state index is 11.0. The maximum Gasteiger partial charge on any atom is 0.153 e. The largest absolute Gasteiger partial charge is 0.457 e. The molecule has 0 unspecified atom stereocenters. The highest BCUT2D eigenvalue weighted by Gasteiger charge is 2.07. The van der Waals surface area contributed by atoms with Crippen molar-refractivity contribution >= 4 is 28.0 Å². The normalized spacial score (nSPS) is 9.83. The Morgan fingerprint density at radius 2 is 1.89 bits per heavy atom. The van der Waals surface area contributed by atoms with Crippen LogP contribution in [0.5, 0.6) is 5.75 Å². The van der Waals surface area contributed by atoms with Gasteiger partial charge in [-0.05, 0) is 18.2 Å². The van der Waals surface area contributed by atoms with Crippen LogP contribution in [0, 0.1) is 0 Å². The van der Waals surface area contributed by atoms with Gasteiger partial charge in [-0.3, -0.25) is 4.79 Å². The van der Waals surface area contributed by atoms with E-state index in [1.807, 2.05) is 36.4 Å². The molecule has 2 rings (SSSR count). The second-order valence-corrected chi connectivity index (χ2v) is 4.61. The number of aldehydes is 1. The Morgan fingerprint density at radius 1 is 1.17 bits per heavy atom. The molecule has 0 fully saturated rings. The highest BCUT2D eigenvalue weighted by molar-refractivity contribution is 9.10. The van der Waals surface area contributed by atoms with Crippen LogP contribution in [0.4, 0.5) is 0 Å². The number of carbonyl (C=O) groups excluding carboxylic acids is 1. The summed E-state index contributed by atoms with van der Waals surface area (Å²) in [4.78, 5) is 11.0. The molecular formula is C15H11BrO2. The van der Waals surface area contributed by atoms with Crippen molar-refractivity contribution in [3.63, 3.8) is 0 Å². The Hall–Kier alpha value is -1.87. The molecule has 2 aromatic carbocycles. The molecule has 0 saturated heterocycles. The average molecular weight is 303 g/mol. The minimum Gasteiger partial charge on any atom is -0.457 e. The molecule has 0 saturated carbocycles. The monoisotopic (exact) mass is 302 g/mol. The molecular weight excluding hydrogens is 292 g/mol. The molecule has 0 aliphatic rings. The SMILES string of the molecule is C=C(Oc1ccc(Br)cc1C=O)c1ccccc1. The van der Waals surface area contributed by atoms with Crippen molar-refractivity contribution in [1.29, 1.82) is 0 Å². The predicted octanol–water partition coefficient (Wildman–Crippen LogP) is 4.31. The van der Waals surface area contributed by atoms with Gasteiger partial charge >= 0.3 is 0 Å². The molecule has 2 nitrogen and oxygen atoms in total. The van der Waals surface area contributed by atoms with Crippen LogP contribution < -0.4 is 4.74 Å². The Bertz CT molecular complexity index is 576. The highest BCUT2D eigenvalue weighted by atomic mass is 79.9. The fourth-order valence-electron chi connectivity index (χ4n) is 1.52. The summed E-state index contributed by atoms with van der Waals surface area (Å²) in [7, 11) is 0. The molecule has 0 heterocycles. The Morgan fingerprint density at radius 3 is 2.56 bits per heavy atom. The fourth-order valence-corrected chi connectivity index (χ4v) is 1.90. The first-order valence-corrected chi connectivity index (χ1v) is 6.17. The lowest BCUT2D eigenvalue weighted by Gasteiger charge is -2.10. The van der Waals surface area contributed by atoms with Crippen molar-refractivity contribution in [3.05, 3.63) is 70.7 Å². The molecule has 3 heteroatoms. The number of rotatable bonds is 4. The highest BCUT2D eigenvalue weighted by Crippen LogP contribution is 2.25. The molecule has 0 amide bonds. The van der Waals surface area contributed by atoms with Gasteiger partial charge in [0.1, 0.15) is 11.5 Å². The number of carbonyl (C=O) groups is 1. The van der Waals surface area contributed by atoms with E-state index in [4.69, 9.17) is 4.74 Å². The molecule has 0 aliphatic heterocycles. The maximum absolute atomic E-state index is 11.0. The van der Waals surface area contributed by atoms with Gasteiger partial charge in [-0.25, -0.2) is 0 Å². The van der Waals surface area contributed by atoms with Crippen molar-refractivity contribution in [2.75, 3.05) is 0 Å². The summed E-state index contributed by atoms with van der Waals surface area (Å²) in [6, 6.07) is 14.8. The summed E-state index contributed by atoms with van der Waals surface area (Å²) < 4.78 is 6.47. The number of hydrogen-bond donors (Lipinski definition) is 0. The fraction of sp³-hybridized carbons (Fsp3) is 0. The van der Waals surface area contributed by atoms with E-state index >= 15 is 0 Å². The van der Waals surface area contributed by atoms with E-state index in [0.29, 0.717) is 17.1 Å². The molecule has 0 spiro atoms. The summed E-state index contributed by atoms with van der Waals surface area (Å²) in [5, 5.41) is 0. The Balaban J connectivity index is 2.25. The number of ether oxygens (including phenoxy) is 1. The summed E-state index contributed by atoms with van der Waals surface area (Å²) in [6.07, 6.45) is 0.762. The van der Waals surface area contributed by atoms with Gasteiger partial charge in [0.25, 0.3) is 0 Å². The molecule has 0 atom stereocenters. The van der Waals surface area contributed by atoms with Crippen LogP contribution >= 0.6 is 15.9 Å². The van der Waals surface area contributed by atoms with Crippen LogP contribution in [-0.2, 0) is 0 Å². The quantitative estimate of drug-likeness (QED) is 0.621. The van der Waals surface area contributed by atoms with E-state index in [-0.39, 0.29) is 0 Å². The van der Waals surface area contributed by atoms with Crippen molar-refractivity contribution in [2.45, 2.75) is 0 Å². The van der Waals surface area contributed by atoms with Crippen molar-refractivity contribution in [1.82, 2.24) is 0 Å². The third kappa shape index (κ3) is 2.87. The van der Waals surface area contributed by atoms with Gasteiger partial charge < -0.3 is 4.74 Å². The van der Waals surface area contributed by atoms with Gasteiger partial charge in [0.05, 0.1) is 5.56 Å². The van der Waals surface area contributed by atoms with Crippen LogP contribution in [0.2, 0.25) is 0 Å². The zero-order chi connectivity index (χ0) is 13.0. The lowest BCUT2D eigenvalue weighted by molar-refractivity contribution is 0.112. The van der Waals surface area contributed by atoms with E-state index in [2.05, 4.69) is 22.5 Å². The molecule has 0 aliphatic carbocycles. The Labute approximate surface area is 114 Å². The van der Waals surface area contributed by atoms with E-state index in [1.54, 1.807) is 12.1 Å². The van der Waals surface area contributed by atoms with Crippen LogP contribution in [0.15, 0.2) is 59.6 Å². The van der Waals surface area contributed by atoms with Gasteiger partial charge in [0.2, 0.25) is 0 Å². The zero-order valence-electron chi connectivity index (χ0n) is 9.60. The van der Waals surface area contributed by atoms with Gasteiger partial charge in [0.15, 0.2) is 6.29 Å². The summed E-state index contributed by atoms with van der Waals surface area (Å²) in [5.74, 6) is 1.02. The van der Waals surface area contributed by atoms with Crippen LogP contribution in [0.3, 0.4) is 0 Å². The number of halogens is 1. The summed E-state index contributed by atoms with van der Waals surface area (Å²) in [5.41, 5.74) is 1.37. The molecule has 0 bridgehead atoms. The van der Waals surface area contributed by atoms with Gasteiger partial charge in [-0.2, -0.15) is 0 Å².